The van der Waals surface area contributed by atoms with Crippen LogP contribution in [0.3, 0.4) is 0 Å². The van der Waals surface area contributed by atoms with Crippen LogP contribution >= 0.6 is 55.1 Å². The second-order valence-electron chi connectivity index (χ2n) is 3.13. The van der Waals surface area contributed by atoms with E-state index in [1.54, 1.807) is 12.1 Å². The van der Waals surface area contributed by atoms with Gasteiger partial charge in [-0.25, -0.2) is 0 Å². The molecule has 0 fully saturated rings. The molecule has 3 nitrogen and oxygen atoms in total. The van der Waals surface area contributed by atoms with Crippen LogP contribution in [0.1, 0.15) is 5.56 Å². The van der Waals surface area contributed by atoms with Gasteiger partial charge >= 0.3 is 0 Å². The molecule has 0 spiro atoms. The number of Topliss-reactive ketones (excluding diaryl/α,β-unsaturated/α-hetero) is 1. The minimum absolute atomic E-state index is 0.164. The van der Waals surface area contributed by atoms with Gasteiger partial charge in [0.1, 0.15) is 0 Å². The van der Waals surface area contributed by atoms with Gasteiger partial charge in [0.05, 0.1) is 11.0 Å². The van der Waals surface area contributed by atoms with Crippen LogP contribution in [0, 0.1) is 6.92 Å². The Morgan fingerprint density at radius 2 is 2.12 bits per heavy atom. The van der Waals surface area contributed by atoms with E-state index in [1.807, 2.05) is 6.92 Å². The van der Waals surface area contributed by atoms with Crippen molar-refractivity contribution in [3.8, 4) is 0 Å². The fraction of sp³-hybridized carbons (Fsp3) is 0.200. The van der Waals surface area contributed by atoms with Gasteiger partial charge < -0.3 is 0 Å². The first-order chi connectivity index (χ1) is 7.95. The molecule has 1 aromatic rings. The van der Waals surface area contributed by atoms with Crippen molar-refractivity contribution in [1.82, 2.24) is 0 Å². The molecule has 0 unspecified atom stereocenters. The Labute approximate surface area is 126 Å². The number of hydrogen-bond acceptors (Lipinski definition) is 3. The molecule has 0 radical (unpaired) electrons. The molecule has 0 bridgehead atoms. The van der Waals surface area contributed by atoms with E-state index in [-0.39, 0.29) is 15.7 Å². The summed E-state index contributed by atoms with van der Waals surface area (Å²) in [4.78, 5) is 11.2. The van der Waals surface area contributed by atoms with Crippen molar-refractivity contribution in [2.75, 3.05) is 10.8 Å². The van der Waals surface area contributed by atoms with Crippen LogP contribution < -0.4 is 5.43 Å². The minimum Gasteiger partial charge on any atom is -0.291 e. The first-order valence-corrected chi connectivity index (χ1v) is 7.16. The Morgan fingerprint density at radius 1 is 1.47 bits per heavy atom. The van der Waals surface area contributed by atoms with Crippen molar-refractivity contribution in [3.63, 3.8) is 0 Å². The lowest BCUT2D eigenvalue weighted by molar-refractivity contribution is -0.110. The molecule has 0 amide bonds. The zero-order chi connectivity index (χ0) is 13.0. The van der Waals surface area contributed by atoms with Gasteiger partial charge in [-0.2, -0.15) is 5.10 Å². The van der Waals surface area contributed by atoms with Crippen LogP contribution in [0.15, 0.2) is 17.2 Å². The van der Waals surface area contributed by atoms with E-state index < -0.39 is 0 Å². The molecule has 0 atom stereocenters. The van der Waals surface area contributed by atoms with Crippen LogP contribution in [-0.4, -0.2) is 15.7 Å². The average molecular weight is 403 g/mol. The molecule has 0 aliphatic rings. The lowest BCUT2D eigenvalue weighted by Gasteiger charge is -2.07. The molecule has 0 aromatic heterocycles. The van der Waals surface area contributed by atoms with Crippen molar-refractivity contribution in [2.45, 2.75) is 6.92 Å². The SMILES string of the molecule is Cc1c(Cl)cc(Cl)cc1NN=C(Br)C(=O)CBr. The summed E-state index contributed by atoms with van der Waals surface area (Å²) >= 11 is 17.9. The molecule has 1 N–H and O–H groups in total. The van der Waals surface area contributed by atoms with E-state index in [9.17, 15) is 4.79 Å². The van der Waals surface area contributed by atoms with E-state index in [0.29, 0.717) is 15.7 Å². The number of ketones is 1. The standard InChI is InChI=1S/C10H8Br2Cl2N2O/c1-5-7(14)2-6(13)3-8(5)15-16-10(12)9(17)4-11/h2-3,15H,4H2,1H3. The van der Waals surface area contributed by atoms with Crippen molar-refractivity contribution in [2.24, 2.45) is 5.10 Å². The summed E-state index contributed by atoms with van der Waals surface area (Å²) in [5.74, 6) is -0.164. The van der Waals surface area contributed by atoms with E-state index in [1.165, 1.54) is 0 Å². The smallest absolute Gasteiger partial charge is 0.200 e. The summed E-state index contributed by atoms with van der Waals surface area (Å²) in [5, 5.41) is 5.14. The number of hydrogen-bond donors (Lipinski definition) is 1. The molecular formula is C10H8Br2Cl2N2O. The minimum atomic E-state index is -0.164. The predicted molar refractivity (Wildman–Crippen MR) is 80.0 cm³/mol. The molecule has 7 heteroatoms. The maximum atomic E-state index is 11.2. The second kappa shape index (κ2) is 6.73. The van der Waals surface area contributed by atoms with E-state index >= 15 is 0 Å². The molecule has 0 aliphatic carbocycles. The quantitative estimate of drug-likeness (QED) is 0.461. The van der Waals surface area contributed by atoms with Gasteiger partial charge in [0.25, 0.3) is 0 Å². The van der Waals surface area contributed by atoms with E-state index in [2.05, 4.69) is 42.4 Å². The molecule has 17 heavy (non-hydrogen) atoms. The number of hydrazone groups is 1. The zero-order valence-electron chi connectivity index (χ0n) is 8.73. The predicted octanol–water partition coefficient (Wildman–Crippen LogP) is 4.39. The first-order valence-electron chi connectivity index (χ1n) is 4.49. The van der Waals surface area contributed by atoms with Gasteiger partial charge in [-0.1, -0.05) is 39.1 Å². The van der Waals surface area contributed by atoms with Gasteiger partial charge in [0, 0.05) is 10.0 Å². The highest BCUT2D eigenvalue weighted by molar-refractivity contribution is 9.19. The van der Waals surface area contributed by atoms with Gasteiger partial charge in [-0.05, 0) is 40.5 Å². The third kappa shape index (κ3) is 4.25. The maximum Gasteiger partial charge on any atom is 0.200 e. The van der Waals surface area contributed by atoms with E-state index in [0.717, 1.165) is 5.56 Å². The van der Waals surface area contributed by atoms with Crippen molar-refractivity contribution in [3.05, 3.63) is 27.7 Å². The van der Waals surface area contributed by atoms with Crippen molar-refractivity contribution < 1.29 is 4.79 Å². The molecular weight excluding hydrogens is 395 g/mol. The number of carbonyl (C=O) groups excluding carboxylic acids is 1. The summed E-state index contributed by atoms with van der Waals surface area (Å²) < 4.78 is 0.199. The Kier molecular flexibility index (Phi) is 5.92. The monoisotopic (exact) mass is 400 g/mol. The van der Waals surface area contributed by atoms with Crippen LogP contribution in [0.25, 0.3) is 0 Å². The number of anilines is 1. The first kappa shape index (κ1) is 15.0. The Bertz CT molecular complexity index is 478. The maximum absolute atomic E-state index is 11.2. The second-order valence-corrected chi connectivity index (χ2v) is 5.29. The summed E-state index contributed by atoms with van der Waals surface area (Å²) in [5.41, 5.74) is 4.21. The normalized spacial score (nSPS) is 11.5. The van der Waals surface area contributed by atoms with Crippen LogP contribution in [0.5, 0.6) is 0 Å². The van der Waals surface area contributed by atoms with Crippen molar-refractivity contribution in [1.29, 1.82) is 0 Å². The molecule has 1 rings (SSSR count). The third-order valence-electron chi connectivity index (χ3n) is 1.94. The molecule has 0 saturated heterocycles. The number of nitrogens with zero attached hydrogens (tertiary/aromatic N) is 1. The van der Waals surface area contributed by atoms with Gasteiger partial charge in [0.15, 0.2) is 4.62 Å². The highest BCUT2D eigenvalue weighted by atomic mass is 79.9. The topological polar surface area (TPSA) is 41.5 Å². The van der Waals surface area contributed by atoms with Gasteiger partial charge in [-0.3, -0.25) is 10.2 Å². The lowest BCUT2D eigenvalue weighted by Crippen LogP contribution is -2.10. The molecule has 0 aliphatic heterocycles. The molecule has 1 aromatic carbocycles. The Morgan fingerprint density at radius 3 is 2.71 bits per heavy atom. The number of rotatable bonds is 4. The number of alkyl halides is 1. The van der Waals surface area contributed by atoms with Gasteiger partial charge in [0.2, 0.25) is 5.78 Å². The zero-order valence-corrected chi connectivity index (χ0v) is 13.4. The number of nitrogens with one attached hydrogen (secondary N) is 1. The fourth-order valence-electron chi connectivity index (χ4n) is 0.989. The number of benzene rings is 1. The average Bonchev–Trinajstić information content (AvgIpc) is 2.30. The van der Waals surface area contributed by atoms with Gasteiger partial charge in [-0.15, -0.1) is 0 Å². The largest absolute Gasteiger partial charge is 0.291 e. The highest BCUT2D eigenvalue weighted by Crippen LogP contribution is 2.28. The van der Waals surface area contributed by atoms with Crippen LogP contribution in [-0.2, 0) is 4.79 Å². The number of halogens is 4. The lowest BCUT2D eigenvalue weighted by atomic mass is 10.2. The van der Waals surface area contributed by atoms with E-state index in [4.69, 9.17) is 23.2 Å². The summed E-state index contributed by atoms with van der Waals surface area (Å²) in [6, 6.07) is 3.33. The third-order valence-corrected chi connectivity index (χ3v) is 3.67. The summed E-state index contributed by atoms with van der Waals surface area (Å²) in [6.07, 6.45) is 0. The summed E-state index contributed by atoms with van der Waals surface area (Å²) in [6.45, 7) is 1.83. The highest BCUT2D eigenvalue weighted by Gasteiger charge is 2.07. The molecule has 0 heterocycles. The number of carbonyl (C=O) groups is 1. The Balaban J connectivity index is 2.93. The molecule has 92 valence electrons. The molecule has 0 saturated carbocycles. The fourth-order valence-corrected chi connectivity index (χ4v) is 2.35. The van der Waals surface area contributed by atoms with Crippen molar-refractivity contribution >= 4 is 71.2 Å². The summed E-state index contributed by atoms with van der Waals surface area (Å²) in [7, 11) is 0. The van der Waals surface area contributed by atoms with Crippen LogP contribution in [0.2, 0.25) is 10.0 Å². The Hall–Kier alpha value is -0.100. The van der Waals surface area contributed by atoms with Crippen LogP contribution in [0.4, 0.5) is 5.69 Å².